The van der Waals surface area contributed by atoms with Crippen LogP contribution in [0.25, 0.3) is 0 Å². The van der Waals surface area contributed by atoms with Crippen LogP contribution in [0.3, 0.4) is 0 Å². The lowest BCUT2D eigenvalue weighted by Crippen LogP contribution is -2.26. The summed E-state index contributed by atoms with van der Waals surface area (Å²) in [6.45, 7) is 23.1. The average molecular weight is 744 g/mol. The minimum atomic E-state index is -0.472. The van der Waals surface area contributed by atoms with Crippen LogP contribution in [0.2, 0.25) is 0 Å². The summed E-state index contributed by atoms with van der Waals surface area (Å²) < 4.78 is 19.8. The lowest BCUT2D eigenvalue weighted by molar-refractivity contribution is -0.403. The van der Waals surface area contributed by atoms with Gasteiger partial charge >= 0.3 is 0 Å². The summed E-state index contributed by atoms with van der Waals surface area (Å²) in [7, 11) is 6.48. The Hall–Kier alpha value is -3.84. The van der Waals surface area contributed by atoms with Crippen molar-refractivity contribution >= 4 is 28.5 Å². The summed E-state index contributed by atoms with van der Waals surface area (Å²) >= 11 is 0. The van der Waals surface area contributed by atoms with Crippen LogP contribution in [0.4, 0.5) is 17.1 Å². The van der Waals surface area contributed by atoms with Crippen molar-refractivity contribution in [3.63, 3.8) is 0 Å². The van der Waals surface area contributed by atoms with Gasteiger partial charge < -0.3 is 19.1 Å². The van der Waals surface area contributed by atoms with Crippen molar-refractivity contribution < 1.29 is 23.4 Å². The molecule has 6 nitrogen and oxygen atoms in total. The molecule has 3 aromatic rings. The van der Waals surface area contributed by atoms with Crippen molar-refractivity contribution in [1.82, 2.24) is 0 Å². The van der Waals surface area contributed by atoms with E-state index in [-0.39, 0.29) is 46.0 Å². The molecule has 6 heteroatoms. The molecular formula is C48H77N3O3+2. The number of rotatable bonds is 8. The highest BCUT2D eigenvalue weighted by molar-refractivity contribution is 6.03. The number of hydrogen-bond donors (Lipinski definition) is 0. The predicted molar refractivity (Wildman–Crippen MR) is 237 cm³/mol. The Balaban J connectivity index is 0.000000878. The zero-order valence-electron chi connectivity index (χ0n) is 32.9. The number of benzene rings is 3. The third kappa shape index (κ3) is 9.87. The fourth-order valence-electron chi connectivity index (χ4n) is 7.48. The number of anilines is 1. The van der Waals surface area contributed by atoms with Gasteiger partial charge in [0.25, 0.3) is 6.48 Å². The Morgan fingerprint density at radius 1 is 0.611 bits per heavy atom. The number of likely N-dealkylation sites (N-methyl/N-ethyl adjacent to an activating group) is 1. The van der Waals surface area contributed by atoms with Crippen molar-refractivity contribution in [2.45, 2.75) is 122 Å². The van der Waals surface area contributed by atoms with E-state index < -0.39 is 6.48 Å². The van der Waals surface area contributed by atoms with Crippen LogP contribution in [0.15, 0.2) is 96.7 Å². The molecule has 0 amide bonds. The first-order chi connectivity index (χ1) is 23.7. The maximum Gasteiger partial charge on any atom is 0.271 e. The maximum atomic E-state index is 5.08. The van der Waals surface area contributed by atoms with Crippen molar-refractivity contribution in [3.05, 3.63) is 113 Å². The number of para-hydroxylation sites is 3. The Morgan fingerprint density at radius 2 is 1.04 bits per heavy atom. The Labute approximate surface area is 331 Å². The van der Waals surface area contributed by atoms with Crippen LogP contribution >= 0.6 is 0 Å². The van der Waals surface area contributed by atoms with Gasteiger partial charge in [0, 0.05) is 79.9 Å². The van der Waals surface area contributed by atoms with Crippen molar-refractivity contribution in [3.8, 4) is 0 Å². The molecule has 0 bridgehead atoms. The number of allylic oxidation sites excluding steroid dienone is 4. The average Bonchev–Trinajstić information content (AvgIpc) is 3.50. The second-order valence-corrected chi connectivity index (χ2v) is 14.6. The van der Waals surface area contributed by atoms with E-state index in [0.29, 0.717) is 19.8 Å². The molecule has 0 aliphatic carbocycles. The smallest absolute Gasteiger partial charge is 0.271 e. The van der Waals surface area contributed by atoms with E-state index in [1.54, 1.807) is 0 Å². The van der Waals surface area contributed by atoms with Gasteiger partial charge in [0.05, 0.1) is 10.8 Å². The van der Waals surface area contributed by atoms with E-state index in [2.05, 4.69) is 175 Å². The van der Waals surface area contributed by atoms with Crippen LogP contribution in [-0.2, 0) is 30.5 Å². The molecule has 0 atom stereocenters. The van der Waals surface area contributed by atoms with Gasteiger partial charge in [-0.15, -0.1) is 0 Å². The van der Waals surface area contributed by atoms with Gasteiger partial charge in [-0.1, -0.05) is 104 Å². The van der Waals surface area contributed by atoms with Crippen molar-refractivity contribution in [1.29, 1.82) is 0 Å². The Morgan fingerprint density at radius 3 is 1.48 bits per heavy atom. The molecule has 0 unspecified atom stereocenters. The highest BCUT2D eigenvalue weighted by Gasteiger charge is 2.43. The Bertz CT molecular complexity index is 1760. The van der Waals surface area contributed by atoms with E-state index in [1.807, 2.05) is 20.8 Å². The van der Waals surface area contributed by atoms with Gasteiger partial charge in [0.15, 0.2) is 11.4 Å². The molecule has 0 aromatic heterocycles. The summed E-state index contributed by atoms with van der Waals surface area (Å²) in [5.74, 6) is 0. The maximum absolute atomic E-state index is 5.08. The minimum Gasteiger partial charge on any atom is -0.347 e. The van der Waals surface area contributed by atoms with Crippen LogP contribution < -0.4 is 4.90 Å². The lowest BCUT2D eigenvalue weighted by atomic mass is 9.81. The second-order valence-electron chi connectivity index (χ2n) is 14.6. The zero-order valence-corrected chi connectivity index (χ0v) is 32.9. The van der Waals surface area contributed by atoms with E-state index in [0.717, 1.165) is 0 Å². The number of fused-ring (bicyclic) bond motifs is 3. The predicted octanol–water partition coefficient (Wildman–Crippen LogP) is 12.2. The molecule has 0 saturated heterocycles. The van der Waals surface area contributed by atoms with Gasteiger partial charge in [-0.2, -0.15) is 4.58 Å². The number of nitrogens with zero attached hydrogens (tertiary/aromatic N) is 3. The molecule has 3 heterocycles. The molecule has 54 heavy (non-hydrogen) atoms. The lowest BCUT2D eigenvalue weighted by Gasteiger charge is -2.23. The molecule has 6 rings (SSSR count). The van der Waals surface area contributed by atoms with Crippen LogP contribution in [0.1, 0.15) is 116 Å². The summed E-state index contributed by atoms with van der Waals surface area (Å²) in [6.07, 6.45) is 6.78. The molecule has 0 radical (unpaired) electrons. The summed E-state index contributed by atoms with van der Waals surface area (Å²) in [4.78, 5) is 2.32. The molecule has 0 saturated carbocycles. The van der Waals surface area contributed by atoms with E-state index in [1.165, 1.54) is 50.9 Å². The SMILES string of the molecule is C.C.C.C.CC1=[N+](C)c2ccccc2C1(C)C.CCOC(OCC)OCC.CN1/C(=C\C=C\C2=[N+](C)c3ccccc3C2(C)C)C(C)(C)c2ccccc21. The van der Waals surface area contributed by atoms with Gasteiger partial charge in [-0.3, -0.25) is 0 Å². The molecule has 3 aliphatic heterocycles. The van der Waals surface area contributed by atoms with E-state index in [4.69, 9.17) is 14.2 Å². The van der Waals surface area contributed by atoms with E-state index in [9.17, 15) is 0 Å². The van der Waals surface area contributed by atoms with E-state index >= 15 is 0 Å². The molecule has 0 N–H and O–H groups in total. The zero-order chi connectivity index (χ0) is 36.9. The van der Waals surface area contributed by atoms with Crippen LogP contribution in [-0.4, -0.2) is 68.0 Å². The van der Waals surface area contributed by atoms with Crippen LogP contribution in [0, 0.1) is 0 Å². The number of ether oxygens (including phenoxy) is 3. The van der Waals surface area contributed by atoms with Crippen molar-refractivity contribution in [2.75, 3.05) is 45.9 Å². The van der Waals surface area contributed by atoms with Gasteiger partial charge in [-0.05, 0) is 66.2 Å². The second kappa shape index (κ2) is 20.7. The number of hydrogen-bond acceptors (Lipinski definition) is 4. The first-order valence-corrected chi connectivity index (χ1v) is 18.1. The monoisotopic (exact) mass is 744 g/mol. The van der Waals surface area contributed by atoms with Crippen LogP contribution in [0.5, 0.6) is 0 Å². The molecular weight excluding hydrogens is 667 g/mol. The molecule has 3 aliphatic rings. The highest BCUT2D eigenvalue weighted by atomic mass is 16.8. The third-order valence-corrected chi connectivity index (χ3v) is 10.6. The highest BCUT2D eigenvalue weighted by Crippen LogP contribution is 2.47. The van der Waals surface area contributed by atoms with Gasteiger partial charge in [-0.25, -0.2) is 4.58 Å². The first kappa shape index (κ1) is 50.2. The summed E-state index contributed by atoms with van der Waals surface area (Å²) in [5.41, 5.74) is 12.5. The third-order valence-electron chi connectivity index (χ3n) is 10.6. The first-order valence-electron chi connectivity index (χ1n) is 18.1. The van der Waals surface area contributed by atoms with Crippen molar-refractivity contribution in [2.24, 2.45) is 0 Å². The Kier molecular flexibility index (Phi) is 19.3. The molecule has 0 spiro atoms. The minimum absolute atomic E-state index is 0. The molecule has 0 fully saturated rings. The summed E-state index contributed by atoms with van der Waals surface area (Å²) in [5, 5.41) is 0. The largest absolute Gasteiger partial charge is 0.347 e. The fourth-order valence-corrected chi connectivity index (χ4v) is 7.48. The molecule has 300 valence electrons. The van der Waals surface area contributed by atoms with Gasteiger partial charge in [0.1, 0.15) is 14.1 Å². The normalized spacial score (nSPS) is 17.2. The van der Waals surface area contributed by atoms with Gasteiger partial charge in [0.2, 0.25) is 11.4 Å². The quantitative estimate of drug-likeness (QED) is 0.170. The molecule has 3 aromatic carbocycles. The standard InChI is InChI=1S/C25H29N2.C12H16N.C7H16O3.4CH4/c1-24(2)18-12-7-9-14-20(18)26(5)22(24)16-11-17-23-25(3,4)19-13-8-10-15-21(19)27(23)6;1-9-12(2,3)10-7-5-6-8-11(10)13(9)4;1-4-8-7(9-5-2)10-6-3;;;;/h7-17H,1-6H3;5-8H,1-4H3;7H,4-6H2,1-3H3;4*1H4/q2*+1;;;;;. The topological polar surface area (TPSA) is 36.9 Å². The fraction of sp³-hybridized carbons (Fsp3) is 0.500. The summed E-state index contributed by atoms with van der Waals surface area (Å²) in [6, 6.07) is 26.0.